The van der Waals surface area contributed by atoms with Gasteiger partial charge in [-0.15, -0.1) is 5.10 Å². The molecule has 1 aromatic carbocycles. The van der Waals surface area contributed by atoms with Crippen LogP contribution in [0.2, 0.25) is 0 Å². The minimum absolute atomic E-state index is 0.186. The summed E-state index contributed by atoms with van der Waals surface area (Å²) >= 11 is 0. The lowest BCUT2D eigenvalue weighted by Gasteiger charge is -2.14. The number of rotatable bonds is 7. The van der Waals surface area contributed by atoms with E-state index in [4.69, 9.17) is 4.74 Å². The number of benzene rings is 1. The molecule has 1 unspecified atom stereocenters. The number of carbonyl (C=O) groups is 1. The Balaban J connectivity index is 1.71. The van der Waals surface area contributed by atoms with E-state index >= 15 is 0 Å². The number of hydrazone groups is 1. The van der Waals surface area contributed by atoms with E-state index in [9.17, 15) is 4.79 Å². The maximum atomic E-state index is 10.6. The second kappa shape index (κ2) is 8.06. The number of allylic oxidation sites excluding steroid dienone is 1. The van der Waals surface area contributed by atoms with Gasteiger partial charge in [0.2, 0.25) is 0 Å². The van der Waals surface area contributed by atoms with Gasteiger partial charge < -0.3 is 4.74 Å². The maximum absolute atomic E-state index is 10.6. The Labute approximate surface area is 151 Å². The molecule has 2 aromatic heterocycles. The maximum Gasteiger partial charge on any atom is 0.194 e. The lowest BCUT2D eigenvalue weighted by atomic mass is 10.1. The van der Waals surface area contributed by atoms with Crippen LogP contribution in [0.5, 0.6) is 0 Å². The van der Waals surface area contributed by atoms with Gasteiger partial charge in [-0.25, -0.2) is 5.01 Å². The van der Waals surface area contributed by atoms with Crippen molar-refractivity contribution in [2.45, 2.75) is 13.0 Å². The molecule has 0 saturated heterocycles. The van der Waals surface area contributed by atoms with Crippen LogP contribution in [0.4, 0.5) is 5.69 Å². The standard InChI is InChI=1S/C19H19N5O2/c1-15(16-6-7-19-17(11-16)5-3-8-20-19)26-14-22-24(9-4-10-25)18-12-21-23(2)13-18/h3-15H,1-2H3. The molecular formula is C19H19N5O2. The monoisotopic (exact) mass is 349 g/mol. The van der Waals surface area contributed by atoms with Gasteiger partial charge in [0.05, 0.1) is 17.9 Å². The van der Waals surface area contributed by atoms with Crippen LogP contribution in [0.15, 0.2) is 66.3 Å². The zero-order valence-corrected chi connectivity index (χ0v) is 14.6. The Kier molecular flexibility index (Phi) is 5.38. The Hall–Kier alpha value is -3.48. The molecule has 7 nitrogen and oxygen atoms in total. The fourth-order valence-electron chi connectivity index (χ4n) is 2.43. The van der Waals surface area contributed by atoms with E-state index in [1.165, 1.54) is 23.7 Å². The third-order valence-electron chi connectivity index (χ3n) is 3.79. The highest BCUT2D eigenvalue weighted by molar-refractivity contribution is 5.79. The number of hydrogen-bond acceptors (Lipinski definition) is 6. The average Bonchev–Trinajstić information content (AvgIpc) is 3.10. The summed E-state index contributed by atoms with van der Waals surface area (Å²) in [6.45, 7) is 1.94. The first kappa shape index (κ1) is 17.3. The fourth-order valence-corrected chi connectivity index (χ4v) is 2.43. The van der Waals surface area contributed by atoms with Gasteiger partial charge in [0.25, 0.3) is 0 Å². The van der Waals surface area contributed by atoms with Crippen LogP contribution in [-0.4, -0.2) is 27.5 Å². The normalized spacial score (nSPS) is 12.7. The molecule has 132 valence electrons. The second-order valence-corrected chi connectivity index (χ2v) is 5.65. The highest BCUT2D eigenvalue weighted by Gasteiger charge is 2.07. The lowest BCUT2D eigenvalue weighted by Crippen LogP contribution is -2.09. The predicted molar refractivity (Wildman–Crippen MR) is 101 cm³/mol. The Bertz CT molecular complexity index is 948. The third kappa shape index (κ3) is 4.13. The van der Waals surface area contributed by atoms with E-state index in [-0.39, 0.29) is 6.10 Å². The summed E-state index contributed by atoms with van der Waals surface area (Å²) in [7, 11) is 1.81. The molecule has 0 spiro atoms. The summed E-state index contributed by atoms with van der Waals surface area (Å²) in [4.78, 5) is 14.9. The van der Waals surface area contributed by atoms with E-state index < -0.39 is 0 Å². The highest BCUT2D eigenvalue weighted by Crippen LogP contribution is 2.21. The summed E-state index contributed by atoms with van der Waals surface area (Å²) in [5, 5.41) is 10.9. The van der Waals surface area contributed by atoms with Crippen molar-refractivity contribution in [1.29, 1.82) is 0 Å². The van der Waals surface area contributed by atoms with Crippen LogP contribution >= 0.6 is 0 Å². The molecule has 0 aliphatic rings. The summed E-state index contributed by atoms with van der Waals surface area (Å²) in [5.41, 5.74) is 2.68. The van der Waals surface area contributed by atoms with Crippen LogP contribution in [-0.2, 0) is 16.6 Å². The number of aryl methyl sites for hydroxylation is 1. The second-order valence-electron chi connectivity index (χ2n) is 5.65. The van der Waals surface area contributed by atoms with E-state index in [2.05, 4.69) is 15.2 Å². The zero-order valence-electron chi connectivity index (χ0n) is 14.6. The van der Waals surface area contributed by atoms with Gasteiger partial charge in [0, 0.05) is 24.8 Å². The van der Waals surface area contributed by atoms with E-state index in [1.807, 2.05) is 44.3 Å². The van der Waals surface area contributed by atoms with Crippen molar-refractivity contribution in [2.24, 2.45) is 12.1 Å². The molecule has 1 atom stereocenters. The van der Waals surface area contributed by atoms with Crippen molar-refractivity contribution >= 4 is 29.3 Å². The summed E-state index contributed by atoms with van der Waals surface area (Å²) in [5.74, 6) is 0. The molecule has 0 aliphatic carbocycles. The van der Waals surface area contributed by atoms with Crippen molar-refractivity contribution in [3.05, 3.63) is 66.8 Å². The smallest absolute Gasteiger partial charge is 0.194 e. The zero-order chi connectivity index (χ0) is 18.4. The van der Waals surface area contributed by atoms with Crippen LogP contribution in [0.1, 0.15) is 18.6 Å². The van der Waals surface area contributed by atoms with E-state index in [0.29, 0.717) is 6.29 Å². The van der Waals surface area contributed by atoms with E-state index in [1.54, 1.807) is 23.3 Å². The number of hydrogen-bond donors (Lipinski definition) is 0. The first-order chi connectivity index (χ1) is 12.7. The molecular weight excluding hydrogens is 330 g/mol. The highest BCUT2D eigenvalue weighted by atomic mass is 16.5. The first-order valence-electron chi connectivity index (χ1n) is 8.10. The summed E-state index contributed by atoms with van der Waals surface area (Å²) in [6.07, 6.45) is 9.95. The number of aldehydes is 1. The van der Waals surface area contributed by atoms with Crippen molar-refractivity contribution in [1.82, 2.24) is 14.8 Å². The van der Waals surface area contributed by atoms with E-state index in [0.717, 1.165) is 22.2 Å². The van der Waals surface area contributed by atoms with Crippen LogP contribution in [0.3, 0.4) is 0 Å². The van der Waals surface area contributed by atoms with Gasteiger partial charge in [-0.05, 0) is 36.8 Å². The molecule has 0 fully saturated rings. The average molecular weight is 349 g/mol. The molecule has 0 radical (unpaired) electrons. The summed E-state index contributed by atoms with van der Waals surface area (Å²) < 4.78 is 7.36. The molecule has 7 heteroatoms. The van der Waals surface area contributed by atoms with Crippen molar-refractivity contribution in [3.8, 4) is 0 Å². The quantitative estimate of drug-likeness (QED) is 0.215. The van der Waals surface area contributed by atoms with Gasteiger partial charge in [0.1, 0.15) is 18.1 Å². The number of pyridine rings is 1. The van der Waals surface area contributed by atoms with Crippen molar-refractivity contribution in [2.75, 3.05) is 5.01 Å². The van der Waals surface area contributed by atoms with Gasteiger partial charge in [-0.3, -0.25) is 14.5 Å². The fraction of sp³-hybridized carbons (Fsp3) is 0.158. The Morgan fingerprint density at radius 2 is 2.23 bits per heavy atom. The number of carbonyl (C=O) groups excluding carboxylic acids is 1. The topological polar surface area (TPSA) is 72.6 Å². The molecule has 0 amide bonds. The number of nitrogens with zero attached hydrogens (tertiary/aromatic N) is 5. The molecule has 0 bridgehead atoms. The first-order valence-corrected chi connectivity index (χ1v) is 8.10. The number of aromatic nitrogens is 3. The van der Waals surface area contributed by atoms with Gasteiger partial charge in [0.15, 0.2) is 6.40 Å². The molecule has 26 heavy (non-hydrogen) atoms. The van der Waals surface area contributed by atoms with Gasteiger partial charge in [-0.2, -0.15) is 5.10 Å². The lowest BCUT2D eigenvalue weighted by molar-refractivity contribution is -0.104. The molecule has 0 aliphatic heterocycles. The Morgan fingerprint density at radius 1 is 1.35 bits per heavy atom. The Morgan fingerprint density at radius 3 is 3.00 bits per heavy atom. The van der Waals surface area contributed by atoms with Crippen LogP contribution in [0, 0.1) is 0 Å². The third-order valence-corrected chi connectivity index (χ3v) is 3.79. The minimum Gasteiger partial charge on any atom is -0.474 e. The van der Waals surface area contributed by atoms with Crippen LogP contribution in [0.25, 0.3) is 10.9 Å². The van der Waals surface area contributed by atoms with Crippen molar-refractivity contribution < 1.29 is 9.53 Å². The molecule has 3 rings (SSSR count). The number of fused-ring (bicyclic) bond motifs is 1. The minimum atomic E-state index is -0.186. The molecule has 3 aromatic rings. The molecule has 0 N–H and O–H groups in total. The largest absolute Gasteiger partial charge is 0.474 e. The molecule has 2 heterocycles. The predicted octanol–water partition coefficient (Wildman–Crippen LogP) is 3.21. The molecule has 0 saturated carbocycles. The van der Waals surface area contributed by atoms with Crippen LogP contribution < -0.4 is 5.01 Å². The van der Waals surface area contributed by atoms with Gasteiger partial charge in [-0.1, -0.05) is 12.1 Å². The van der Waals surface area contributed by atoms with Crippen molar-refractivity contribution in [3.63, 3.8) is 0 Å². The number of ether oxygens (including phenoxy) is 1. The summed E-state index contributed by atoms with van der Waals surface area (Å²) in [6, 6.07) is 9.92. The van der Waals surface area contributed by atoms with Gasteiger partial charge >= 0.3 is 0 Å². The SMILES string of the molecule is CC(OC=NN(C=CC=O)c1cnn(C)c1)c1ccc2ncccc2c1. The number of anilines is 1.